The third kappa shape index (κ3) is 3.63. The van der Waals surface area contributed by atoms with Crippen molar-refractivity contribution in [3.63, 3.8) is 0 Å². The van der Waals surface area contributed by atoms with E-state index in [4.69, 9.17) is 6.42 Å². The summed E-state index contributed by atoms with van der Waals surface area (Å²) in [5.74, 6) is 2.21. The van der Waals surface area contributed by atoms with Crippen LogP contribution in [0.15, 0.2) is 12.3 Å². The molecule has 1 aromatic heterocycles. The molecule has 18 heavy (non-hydrogen) atoms. The van der Waals surface area contributed by atoms with Crippen molar-refractivity contribution in [3.8, 4) is 12.3 Å². The minimum atomic E-state index is -0.524. The summed E-state index contributed by atoms with van der Waals surface area (Å²) in [5.41, 5.74) is 0.189. The molecule has 1 heterocycles. The number of hydrogen-bond acceptors (Lipinski definition) is 3. The van der Waals surface area contributed by atoms with Crippen molar-refractivity contribution in [3.05, 3.63) is 28.1 Å². The first-order valence-electron chi connectivity index (χ1n) is 5.58. The summed E-state index contributed by atoms with van der Waals surface area (Å²) in [6, 6.07) is 1.26. The molecule has 1 aromatic rings. The quantitative estimate of drug-likeness (QED) is 0.359. The number of unbranched alkanes of at least 4 members (excludes halogenated alkanes) is 2. The van der Waals surface area contributed by atoms with E-state index in [1.165, 1.54) is 16.8 Å². The average Bonchev–Trinajstić information content (AvgIpc) is 2.71. The fourth-order valence-corrected chi connectivity index (χ4v) is 1.52. The van der Waals surface area contributed by atoms with Crippen molar-refractivity contribution < 1.29 is 9.72 Å². The van der Waals surface area contributed by atoms with Gasteiger partial charge in [0, 0.05) is 26.1 Å². The number of hydrogen-bond donors (Lipinski definition) is 1. The SMILES string of the molecule is C#CCCCCNC(=O)c1cc([N+](=O)[O-])cn1C. The lowest BCUT2D eigenvalue weighted by Gasteiger charge is -2.04. The van der Waals surface area contributed by atoms with Gasteiger partial charge < -0.3 is 9.88 Å². The minimum Gasteiger partial charge on any atom is -0.351 e. The van der Waals surface area contributed by atoms with Gasteiger partial charge in [0.1, 0.15) is 5.69 Å². The molecule has 1 amide bonds. The Morgan fingerprint density at radius 1 is 1.61 bits per heavy atom. The Morgan fingerprint density at radius 3 is 2.89 bits per heavy atom. The molecule has 0 aromatic carbocycles. The highest BCUT2D eigenvalue weighted by Gasteiger charge is 2.16. The molecule has 0 saturated heterocycles. The lowest BCUT2D eigenvalue weighted by molar-refractivity contribution is -0.384. The molecule has 0 aliphatic rings. The van der Waals surface area contributed by atoms with Gasteiger partial charge in [0.25, 0.3) is 11.6 Å². The average molecular weight is 249 g/mol. The Morgan fingerprint density at radius 2 is 2.33 bits per heavy atom. The van der Waals surface area contributed by atoms with E-state index in [9.17, 15) is 14.9 Å². The van der Waals surface area contributed by atoms with Crippen LogP contribution in [0.5, 0.6) is 0 Å². The van der Waals surface area contributed by atoms with Crippen LogP contribution in [-0.4, -0.2) is 21.9 Å². The first-order valence-corrected chi connectivity index (χ1v) is 5.58. The zero-order chi connectivity index (χ0) is 13.5. The van der Waals surface area contributed by atoms with E-state index in [2.05, 4.69) is 11.2 Å². The number of carbonyl (C=O) groups excluding carboxylic acids is 1. The Hall–Kier alpha value is -2.29. The number of amides is 1. The number of aryl methyl sites for hydroxylation is 1. The molecule has 0 saturated carbocycles. The Labute approximate surface area is 105 Å². The molecular formula is C12H15N3O3. The van der Waals surface area contributed by atoms with E-state index in [0.29, 0.717) is 13.0 Å². The standard InChI is InChI=1S/C12H15N3O3/c1-3-4-5-6-7-13-12(16)11-8-10(15(17)18)9-14(11)2/h1,8-9H,4-7H2,2H3,(H,13,16). The maximum Gasteiger partial charge on any atom is 0.287 e. The molecule has 6 nitrogen and oxygen atoms in total. The number of carbonyl (C=O) groups is 1. The van der Waals surface area contributed by atoms with E-state index >= 15 is 0 Å². The first kappa shape index (κ1) is 13.8. The van der Waals surface area contributed by atoms with Gasteiger partial charge in [-0.3, -0.25) is 14.9 Å². The molecule has 0 bridgehead atoms. The molecule has 6 heteroatoms. The maximum atomic E-state index is 11.7. The molecule has 0 unspecified atom stereocenters. The summed E-state index contributed by atoms with van der Waals surface area (Å²) in [5, 5.41) is 13.3. The smallest absolute Gasteiger partial charge is 0.287 e. The van der Waals surface area contributed by atoms with Crippen LogP contribution in [0.3, 0.4) is 0 Å². The van der Waals surface area contributed by atoms with Crippen LogP contribution in [0.25, 0.3) is 0 Å². The second-order valence-electron chi connectivity index (χ2n) is 3.87. The van der Waals surface area contributed by atoms with Gasteiger partial charge in [-0.15, -0.1) is 12.3 Å². The molecule has 0 aliphatic heterocycles. The Balaban J connectivity index is 2.52. The molecule has 96 valence electrons. The zero-order valence-corrected chi connectivity index (χ0v) is 10.2. The van der Waals surface area contributed by atoms with E-state index < -0.39 is 4.92 Å². The normalized spacial score (nSPS) is 9.78. The second kappa shape index (κ2) is 6.45. The molecule has 0 atom stereocenters. The monoisotopic (exact) mass is 249 g/mol. The van der Waals surface area contributed by atoms with Crippen molar-refractivity contribution in [1.82, 2.24) is 9.88 Å². The van der Waals surface area contributed by atoms with E-state index in [1.807, 2.05) is 0 Å². The highest BCUT2D eigenvalue weighted by molar-refractivity contribution is 5.93. The van der Waals surface area contributed by atoms with Crippen molar-refractivity contribution in [2.75, 3.05) is 6.54 Å². The molecule has 1 rings (SSSR count). The van der Waals surface area contributed by atoms with E-state index in [1.54, 1.807) is 7.05 Å². The third-order valence-corrected chi connectivity index (χ3v) is 2.47. The van der Waals surface area contributed by atoms with Crippen LogP contribution in [0, 0.1) is 22.5 Å². The molecule has 0 fully saturated rings. The summed E-state index contributed by atoms with van der Waals surface area (Å²) >= 11 is 0. The largest absolute Gasteiger partial charge is 0.351 e. The van der Waals surface area contributed by atoms with Gasteiger partial charge in [0.05, 0.1) is 11.1 Å². The highest BCUT2D eigenvalue weighted by atomic mass is 16.6. The summed E-state index contributed by atoms with van der Waals surface area (Å²) in [7, 11) is 1.60. The van der Waals surface area contributed by atoms with Crippen molar-refractivity contribution in [1.29, 1.82) is 0 Å². The second-order valence-corrected chi connectivity index (χ2v) is 3.87. The van der Waals surface area contributed by atoms with Crippen LogP contribution in [0.1, 0.15) is 29.8 Å². The van der Waals surface area contributed by atoms with Crippen molar-refractivity contribution in [2.24, 2.45) is 7.05 Å². The molecule has 1 N–H and O–H groups in total. The topological polar surface area (TPSA) is 77.2 Å². The number of rotatable bonds is 6. The van der Waals surface area contributed by atoms with Crippen LogP contribution >= 0.6 is 0 Å². The lowest BCUT2D eigenvalue weighted by Crippen LogP contribution is -2.26. The van der Waals surface area contributed by atoms with Gasteiger partial charge in [-0.1, -0.05) is 0 Å². The summed E-state index contributed by atoms with van der Waals surface area (Å²) in [6.45, 7) is 0.513. The summed E-state index contributed by atoms with van der Waals surface area (Å²) in [4.78, 5) is 21.8. The first-order chi connectivity index (χ1) is 8.56. The summed E-state index contributed by atoms with van der Waals surface area (Å²) in [6.07, 6.45) is 8.75. The van der Waals surface area contributed by atoms with Crippen molar-refractivity contribution in [2.45, 2.75) is 19.3 Å². The van der Waals surface area contributed by atoms with Crippen LogP contribution in [0.2, 0.25) is 0 Å². The zero-order valence-electron chi connectivity index (χ0n) is 10.2. The van der Waals surface area contributed by atoms with Crippen LogP contribution < -0.4 is 5.32 Å². The number of nitrogens with zero attached hydrogens (tertiary/aromatic N) is 2. The van der Waals surface area contributed by atoms with E-state index in [0.717, 1.165) is 12.8 Å². The van der Waals surface area contributed by atoms with Gasteiger partial charge in [-0.25, -0.2) is 0 Å². The van der Waals surface area contributed by atoms with Crippen molar-refractivity contribution >= 4 is 11.6 Å². The van der Waals surface area contributed by atoms with Crippen LogP contribution in [0.4, 0.5) is 5.69 Å². The molecule has 0 spiro atoms. The number of nitrogens with one attached hydrogen (secondary N) is 1. The third-order valence-electron chi connectivity index (χ3n) is 2.47. The fourth-order valence-electron chi connectivity index (χ4n) is 1.52. The van der Waals surface area contributed by atoms with Gasteiger partial charge in [0.2, 0.25) is 0 Å². The minimum absolute atomic E-state index is 0.0880. The molecular weight excluding hydrogens is 234 g/mol. The predicted octanol–water partition coefficient (Wildman–Crippen LogP) is 1.47. The van der Waals surface area contributed by atoms with Gasteiger partial charge in [-0.2, -0.15) is 0 Å². The van der Waals surface area contributed by atoms with Crippen LogP contribution in [-0.2, 0) is 7.05 Å². The predicted molar refractivity (Wildman–Crippen MR) is 67.1 cm³/mol. The molecule has 0 aliphatic carbocycles. The van der Waals surface area contributed by atoms with Gasteiger partial charge >= 0.3 is 0 Å². The lowest BCUT2D eigenvalue weighted by atomic mass is 10.2. The number of terminal acetylenes is 1. The summed E-state index contributed by atoms with van der Waals surface area (Å²) < 4.78 is 1.44. The fraction of sp³-hybridized carbons (Fsp3) is 0.417. The number of aromatic nitrogens is 1. The number of nitro groups is 1. The Kier molecular flexibility index (Phi) is 4.93. The van der Waals surface area contributed by atoms with E-state index in [-0.39, 0.29) is 17.3 Å². The van der Waals surface area contributed by atoms with Gasteiger partial charge in [-0.05, 0) is 12.8 Å². The highest BCUT2D eigenvalue weighted by Crippen LogP contribution is 2.14. The maximum absolute atomic E-state index is 11.7. The molecule has 0 radical (unpaired) electrons. The Bertz CT molecular complexity index is 485. The van der Waals surface area contributed by atoms with Gasteiger partial charge in [0.15, 0.2) is 0 Å².